The number of sulfone groups is 1. The third-order valence-electron chi connectivity index (χ3n) is 1.99. The molecule has 0 saturated heterocycles. The van der Waals surface area contributed by atoms with E-state index in [0.29, 0.717) is 5.56 Å². The van der Waals surface area contributed by atoms with Crippen LogP contribution in [0.4, 0.5) is 5.69 Å². The fraction of sp³-hybridized carbons (Fsp3) is 0. The highest BCUT2D eigenvalue weighted by Gasteiger charge is 2.43. The zero-order valence-corrected chi connectivity index (χ0v) is 7.82. The molecule has 0 spiro atoms. The third-order valence-corrected chi connectivity index (χ3v) is 3.71. The molecule has 1 heterocycles. The topological polar surface area (TPSA) is 82.9 Å². The summed E-state index contributed by atoms with van der Waals surface area (Å²) in [6.07, 6.45) is 1.46. The Bertz CT molecular complexity index is 583. The van der Waals surface area contributed by atoms with Crippen molar-refractivity contribution in [1.29, 1.82) is 0 Å². The van der Waals surface area contributed by atoms with Gasteiger partial charge in [0.2, 0.25) is 9.84 Å². The molecule has 0 N–H and O–H groups in total. The van der Waals surface area contributed by atoms with E-state index >= 15 is 0 Å². The predicted molar refractivity (Wildman–Crippen MR) is 50.8 cm³/mol. The fourth-order valence-corrected chi connectivity index (χ4v) is 3.00. The van der Waals surface area contributed by atoms with E-state index in [1.165, 1.54) is 12.1 Å². The van der Waals surface area contributed by atoms with E-state index in [1.54, 1.807) is 6.07 Å². The lowest BCUT2D eigenvalue weighted by atomic mass is 10.2. The van der Waals surface area contributed by atoms with E-state index in [0.717, 1.165) is 0 Å². The standard InChI is InChI=1S/C8H5N3O2S/c1-2-5-3-4-6(10-11-9)8-7(5)14(8,12)13/h2-4H,1H2. The van der Waals surface area contributed by atoms with Crippen molar-refractivity contribution < 1.29 is 8.42 Å². The molecule has 0 atom stereocenters. The quantitative estimate of drug-likeness (QED) is 0.328. The maximum absolute atomic E-state index is 11.4. The number of hydrogen-bond donors (Lipinski definition) is 0. The molecule has 0 bridgehead atoms. The molecule has 0 amide bonds. The van der Waals surface area contributed by atoms with Crippen LogP contribution >= 0.6 is 0 Å². The molecule has 0 saturated carbocycles. The first-order valence-electron chi connectivity index (χ1n) is 3.72. The van der Waals surface area contributed by atoms with Crippen LogP contribution in [-0.2, 0) is 9.84 Å². The summed E-state index contributed by atoms with van der Waals surface area (Å²) in [6, 6.07) is 3.04. The average Bonchev–Trinajstić information content (AvgIpc) is 2.72. The van der Waals surface area contributed by atoms with Gasteiger partial charge in [0.15, 0.2) is 0 Å². The van der Waals surface area contributed by atoms with E-state index in [2.05, 4.69) is 16.6 Å². The summed E-state index contributed by atoms with van der Waals surface area (Å²) in [6.45, 7) is 3.50. The Hall–Kier alpha value is -1.78. The van der Waals surface area contributed by atoms with E-state index < -0.39 is 9.84 Å². The molecule has 6 heteroatoms. The van der Waals surface area contributed by atoms with Gasteiger partial charge >= 0.3 is 0 Å². The third kappa shape index (κ3) is 0.951. The van der Waals surface area contributed by atoms with Crippen LogP contribution in [0.5, 0.6) is 0 Å². The van der Waals surface area contributed by atoms with Crippen molar-refractivity contribution in [2.45, 2.75) is 9.79 Å². The summed E-state index contributed by atoms with van der Waals surface area (Å²) in [7, 11) is -3.31. The van der Waals surface area contributed by atoms with Gasteiger partial charge in [-0.2, -0.15) is 0 Å². The van der Waals surface area contributed by atoms with Gasteiger partial charge in [0.25, 0.3) is 0 Å². The van der Waals surface area contributed by atoms with E-state index in [4.69, 9.17) is 5.53 Å². The molecule has 0 radical (unpaired) electrons. The first-order chi connectivity index (χ1) is 6.62. The van der Waals surface area contributed by atoms with Crippen molar-refractivity contribution in [2.24, 2.45) is 5.11 Å². The first-order valence-corrected chi connectivity index (χ1v) is 5.21. The molecule has 0 aliphatic carbocycles. The van der Waals surface area contributed by atoms with Crippen LogP contribution < -0.4 is 0 Å². The summed E-state index contributed by atoms with van der Waals surface area (Å²) in [5, 5.41) is 3.30. The summed E-state index contributed by atoms with van der Waals surface area (Å²) in [4.78, 5) is 2.92. The van der Waals surface area contributed by atoms with E-state index in [1.807, 2.05) is 0 Å². The van der Waals surface area contributed by atoms with Crippen molar-refractivity contribution >= 4 is 21.6 Å². The number of hydrogen-bond acceptors (Lipinski definition) is 3. The lowest BCUT2D eigenvalue weighted by Crippen LogP contribution is -1.71. The minimum absolute atomic E-state index is 0.132. The van der Waals surface area contributed by atoms with Gasteiger partial charge in [-0.3, -0.25) is 0 Å². The van der Waals surface area contributed by atoms with Crippen molar-refractivity contribution in [3.63, 3.8) is 0 Å². The van der Waals surface area contributed by atoms with Gasteiger partial charge in [0, 0.05) is 4.91 Å². The lowest BCUT2D eigenvalue weighted by Gasteiger charge is -1.87. The predicted octanol–water partition coefficient (Wildman–Crippen LogP) is 2.42. The van der Waals surface area contributed by atoms with Crippen LogP contribution in [0.2, 0.25) is 0 Å². The molecule has 1 aromatic rings. The Morgan fingerprint density at radius 1 is 1.43 bits per heavy atom. The molecule has 2 rings (SSSR count). The van der Waals surface area contributed by atoms with Gasteiger partial charge in [-0.25, -0.2) is 8.42 Å². The van der Waals surface area contributed by atoms with Crippen LogP contribution in [0.1, 0.15) is 5.56 Å². The fourth-order valence-electron chi connectivity index (χ4n) is 1.34. The summed E-state index contributed by atoms with van der Waals surface area (Å²) < 4.78 is 22.8. The number of azide groups is 1. The molecule has 70 valence electrons. The van der Waals surface area contributed by atoms with Crippen molar-refractivity contribution in [3.8, 4) is 0 Å². The molecule has 0 aromatic heterocycles. The Morgan fingerprint density at radius 2 is 2.14 bits per heavy atom. The minimum Gasteiger partial charge on any atom is -0.218 e. The number of fused-ring (bicyclic) bond motifs is 1. The van der Waals surface area contributed by atoms with Gasteiger partial charge < -0.3 is 0 Å². The molecular formula is C8H5N3O2S. The van der Waals surface area contributed by atoms with E-state index in [9.17, 15) is 8.42 Å². The normalized spacial score (nSPS) is 15.1. The number of nitrogens with zero attached hydrogens (tertiary/aromatic N) is 3. The summed E-state index contributed by atoms with van der Waals surface area (Å²) >= 11 is 0. The molecule has 1 aromatic carbocycles. The molecule has 1 aliphatic heterocycles. The molecule has 1 aliphatic rings. The molecule has 5 nitrogen and oxygen atoms in total. The highest BCUT2D eigenvalue weighted by molar-refractivity contribution is 7.97. The SMILES string of the molecule is C=Cc1ccc(N=[N+]=[N-])c2c1S2(=O)=O. The van der Waals surface area contributed by atoms with Crippen LogP contribution in [0, 0.1) is 0 Å². The average molecular weight is 207 g/mol. The lowest BCUT2D eigenvalue weighted by molar-refractivity contribution is 0.612. The largest absolute Gasteiger partial charge is 0.218 e. The van der Waals surface area contributed by atoms with Crippen molar-refractivity contribution in [1.82, 2.24) is 0 Å². The highest BCUT2D eigenvalue weighted by atomic mass is 32.2. The Kier molecular flexibility index (Phi) is 1.64. The Morgan fingerprint density at radius 3 is 2.71 bits per heavy atom. The van der Waals surface area contributed by atoms with Gasteiger partial charge in [-0.1, -0.05) is 29.9 Å². The second-order valence-electron chi connectivity index (χ2n) is 2.73. The van der Waals surface area contributed by atoms with Gasteiger partial charge in [-0.15, -0.1) is 0 Å². The van der Waals surface area contributed by atoms with Crippen molar-refractivity contribution in [3.05, 3.63) is 34.7 Å². The molecule has 0 unspecified atom stereocenters. The monoisotopic (exact) mass is 207 g/mol. The summed E-state index contributed by atoms with van der Waals surface area (Å²) in [5.74, 6) is 0. The second kappa shape index (κ2) is 2.60. The van der Waals surface area contributed by atoms with Gasteiger partial charge in [-0.05, 0) is 11.1 Å². The molecular weight excluding hydrogens is 202 g/mol. The zero-order chi connectivity index (χ0) is 10.3. The highest BCUT2D eigenvalue weighted by Crippen LogP contribution is 2.49. The van der Waals surface area contributed by atoms with Crippen LogP contribution in [0.3, 0.4) is 0 Å². The second-order valence-corrected chi connectivity index (χ2v) is 4.55. The van der Waals surface area contributed by atoms with Crippen LogP contribution in [0.25, 0.3) is 16.5 Å². The summed E-state index contributed by atoms with van der Waals surface area (Å²) in [5.41, 5.74) is 8.92. The number of rotatable bonds is 2. The Labute approximate surface area is 80.2 Å². The maximum Gasteiger partial charge on any atom is 0.210 e. The van der Waals surface area contributed by atoms with E-state index in [-0.39, 0.29) is 15.5 Å². The molecule has 14 heavy (non-hydrogen) atoms. The number of benzene rings is 1. The maximum atomic E-state index is 11.4. The smallest absolute Gasteiger partial charge is 0.210 e. The minimum atomic E-state index is -3.31. The van der Waals surface area contributed by atoms with Crippen LogP contribution in [-0.4, -0.2) is 8.42 Å². The van der Waals surface area contributed by atoms with Crippen molar-refractivity contribution in [2.75, 3.05) is 0 Å². The Balaban J connectivity index is 2.78. The van der Waals surface area contributed by atoms with Gasteiger partial charge in [0.05, 0.1) is 10.6 Å². The zero-order valence-electron chi connectivity index (χ0n) is 7.01. The molecule has 0 fully saturated rings. The van der Waals surface area contributed by atoms with Crippen LogP contribution in [0.15, 0.2) is 33.6 Å². The first kappa shape index (κ1) is 8.80. The van der Waals surface area contributed by atoms with Gasteiger partial charge in [0.1, 0.15) is 4.90 Å².